The Morgan fingerprint density at radius 3 is 1.82 bits per heavy atom. The molecule has 0 radical (unpaired) electrons. The van der Waals surface area contributed by atoms with Crippen LogP contribution in [0.1, 0.15) is 31.7 Å². The van der Waals surface area contributed by atoms with Crippen LogP contribution in [0.25, 0.3) is 0 Å². The minimum absolute atomic E-state index is 0.182. The van der Waals surface area contributed by atoms with Crippen LogP contribution in [0, 0.1) is 0 Å². The summed E-state index contributed by atoms with van der Waals surface area (Å²) in [6.07, 6.45) is -10.9. The van der Waals surface area contributed by atoms with Crippen molar-refractivity contribution in [1.82, 2.24) is 0 Å². The highest BCUT2D eigenvalue weighted by atomic mass is 19.4. The van der Waals surface area contributed by atoms with Gasteiger partial charge in [0.2, 0.25) is 0 Å². The Labute approximate surface area is 123 Å². The Kier molecular flexibility index (Phi) is 5.38. The zero-order valence-electron chi connectivity index (χ0n) is 11.9. The van der Waals surface area contributed by atoms with Gasteiger partial charge in [-0.2, -0.15) is 26.3 Å². The molecule has 0 saturated carbocycles. The number of halogens is 6. The molecule has 0 heterocycles. The largest absolute Gasteiger partial charge is 0.490 e. The van der Waals surface area contributed by atoms with E-state index in [-0.39, 0.29) is 11.7 Å². The minimum atomic E-state index is -5.89. The highest BCUT2D eigenvalue weighted by molar-refractivity contribution is 5.29. The zero-order valence-corrected chi connectivity index (χ0v) is 11.9. The van der Waals surface area contributed by atoms with E-state index in [0.29, 0.717) is 0 Å². The van der Waals surface area contributed by atoms with E-state index >= 15 is 0 Å². The average molecular weight is 330 g/mol. The molecular formula is C14H16F6O2. The number of aliphatic hydroxyl groups is 1. The molecule has 1 N–H and O–H groups in total. The van der Waals surface area contributed by atoms with Gasteiger partial charge in [-0.3, -0.25) is 0 Å². The molecule has 0 aromatic heterocycles. The Bertz CT molecular complexity index is 464. The number of hydrogen-bond acceptors (Lipinski definition) is 2. The van der Waals surface area contributed by atoms with Crippen molar-refractivity contribution in [2.75, 3.05) is 6.61 Å². The van der Waals surface area contributed by atoms with Crippen LogP contribution in [0.5, 0.6) is 5.75 Å². The number of ether oxygens (including phenoxy) is 1. The Morgan fingerprint density at radius 1 is 1.00 bits per heavy atom. The fourth-order valence-corrected chi connectivity index (χ4v) is 1.64. The minimum Gasteiger partial charge on any atom is -0.490 e. The molecule has 0 aliphatic rings. The lowest BCUT2D eigenvalue weighted by molar-refractivity contribution is -0.373. The SMILES string of the molecule is CCC(C)c1ccc(OCC(O)(C(F)(F)F)C(F)(F)F)cc1. The Morgan fingerprint density at radius 2 is 1.45 bits per heavy atom. The van der Waals surface area contributed by atoms with Crippen LogP contribution in [-0.2, 0) is 0 Å². The van der Waals surface area contributed by atoms with Crippen molar-refractivity contribution in [2.45, 2.75) is 44.1 Å². The molecule has 8 heteroatoms. The van der Waals surface area contributed by atoms with Gasteiger partial charge in [0.1, 0.15) is 12.4 Å². The molecule has 1 aromatic rings. The first-order chi connectivity index (χ1) is 9.92. The first kappa shape index (κ1) is 18.6. The van der Waals surface area contributed by atoms with E-state index in [1.54, 1.807) is 12.1 Å². The van der Waals surface area contributed by atoms with E-state index < -0.39 is 24.6 Å². The van der Waals surface area contributed by atoms with Crippen molar-refractivity contribution in [2.24, 2.45) is 0 Å². The summed E-state index contributed by atoms with van der Waals surface area (Å²) < 4.78 is 79.3. The molecule has 0 spiro atoms. The van der Waals surface area contributed by atoms with Gasteiger partial charge in [-0.25, -0.2) is 0 Å². The molecule has 0 fully saturated rings. The average Bonchev–Trinajstić information content (AvgIpc) is 2.42. The summed E-state index contributed by atoms with van der Waals surface area (Å²) in [5, 5.41) is 8.95. The molecule has 1 unspecified atom stereocenters. The molecular weight excluding hydrogens is 314 g/mol. The van der Waals surface area contributed by atoms with Gasteiger partial charge >= 0.3 is 12.4 Å². The smallest absolute Gasteiger partial charge is 0.429 e. The monoisotopic (exact) mass is 330 g/mol. The van der Waals surface area contributed by atoms with Gasteiger partial charge in [-0.05, 0) is 30.0 Å². The highest BCUT2D eigenvalue weighted by Gasteiger charge is 2.71. The summed E-state index contributed by atoms with van der Waals surface area (Å²) in [4.78, 5) is 0. The van der Waals surface area contributed by atoms with Crippen molar-refractivity contribution < 1.29 is 36.2 Å². The van der Waals surface area contributed by atoms with E-state index in [1.165, 1.54) is 12.1 Å². The lowest BCUT2D eigenvalue weighted by atomic mass is 9.99. The molecule has 22 heavy (non-hydrogen) atoms. The maximum absolute atomic E-state index is 12.5. The highest BCUT2D eigenvalue weighted by Crippen LogP contribution is 2.43. The van der Waals surface area contributed by atoms with Crippen LogP contribution < -0.4 is 4.74 Å². The lowest BCUT2D eigenvalue weighted by Gasteiger charge is -2.31. The number of rotatable bonds is 5. The molecule has 0 aliphatic heterocycles. The molecule has 0 aliphatic carbocycles. The quantitative estimate of drug-likeness (QED) is 0.809. The first-order valence-electron chi connectivity index (χ1n) is 6.51. The number of benzene rings is 1. The van der Waals surface area contributed by atoms with Crippen LogP contribution >= 0.6 is 0 Å². The van der Waals surface area contributed by atoms with Gasteiger partial charge in [0.25, 0.3) is 5.60 Å². The molecule has 0 amide bonds. The Balaban J connectivity index is 2.87. The summed E-state index contributed by atoms with van der Waals surface area (Å²) in [6.45, 7) is 1.92. The van der Waals surface area contributed by atoms with Crippen LogP contribution in [0.2, 0.25) is 0 Å². The lowest BCUT2D eigenvalue weighted by Crippen LogP contribution is -2.60. The maximum Gasteiger partial charge on any atom is 0.429 e. The molecule has 2 nitrogen and oxygen atoms in total. The van der Waals surface area contributed by atoms with E-state index in [4.69, 9.17) is 5.11 Å². The zero-order chi connectivity index (χ0) is 17.2. The van der Waals surface area contributed by atoms with Gasteiger partial charge in [0.05, 0.1) is 0 Å². The van der Waals surface area contributed by atoms with E-state index in [9.17, 15) is 26.3 Å². The van der Waals surface area contributed by atoms with Crippen molar-refractivity contribution in [1.29, 1.82) is 0 Å². The predicted octanol–water partition coefficient (Wildman–Crippen LogP) is 4.43. The number of alkyl halides is 6. The topological polar surface area (TPSA) is 29.5 Å². The van der Waals surface area contributed by atoms with Crippen LogP contribution in [-0.4, -0.2) is 29.7 Å². The van der Waals surface area contributed by atoms with E-state index in [0.717, 1.165) is 12.0 Å². The molecule has 1 aromatic carbocycles. The summed E-state index contributed by atoms with van der Waals surface area (Å²) in [5.74, 6) is 0.0234. The fourth-order valence-electron chi connectivity index (χ4n) is 1.64. The predicted molar refractivity (Wildman–Crippen MR) is 67.7 cm³/mol. The van der Waals surface area contributed by atoms with Gasteiger partial charge < -0.3 is 9.84 Å². The molecule has 0 bridgehead atoms. The normalized spacial score (nSPS) is 14.8. The van der Waals surface area contributed by atoms with Gasteiger partial charge in [-0.15, -0.1) is 0 Å². The van der Waals surface area contributed by atoms with Gasteiger partial charge in [0.15, 0.2) is 0 Å². The van der Waals surface area contributed by atoms with Crippen LogP contribution in [0.15, 0.2) is 24.3 Å². The van der Waals surface area contributed by atoms with Crippen molar-refractivity contribution in [3.05, 3.63) is 29.8 Å². The van der Waals surface area contributed by atoms with Crippen LogP contribution in [0.3, 0.4) is 0 Å². The Hall–Kier alpha value is -1.44. The van der Waals surface area contributed by atoms with Gasteiger partial charge in [0, 0.05) is 0 Å². The second-order valence-electron chi connectivity index (χ2n) is 5.02. The summed E-state index contributed by atoms with van der Waals surface area (Å²) in [6, 6.07) is 5.66. The summed E-state index contributed by atoms with van der Waals surface area (Å²) >= 11 is 0. The van der Waals surface area contributed by atoms with Crippen molar-refractivity contribution >= 4 is 0 Å². The standard InChI is InChI=1S/C14H16F6O2/c1-3-9(2)10-4-6-11(7-5-10)22-8-12(21,13(15,16)17)14(18,19)20/h4-7,9,21H,3,8H2,1-2H3. The third-order valence-electron chi connectivity index (χ3n) is 3.45. The first-order valence-corrected chi connectivity index (χ1v) is 6.51. The van der Waals surface area contributed by atoms with Crippen molar-refractivity contribution in [3.63, 3.8) is 0 Å². The van der Waals surface area contributed by atoms with Gasteiger partial charge in [-0.1, -0.05) is 26.0 Å². The number of hydrogen-bond donors (Lipinski definition) is 1. The summed E-state index contributed by atoms with van der Waals surface area (Å²) in [7, 11) is 0. The third kappa shape index (κ3) is 3.85. The van der Waals surface area contributed by atoms with E-state index in [1.807, 2.05) is 13.8 Å². The third-order valence-corrected chi connectivity index (χ3v) is 3.45. The molecule has 0 saturated heterocycles. The van der Waals surface area contributed by atoms with Crippen molar-refractivity contribution in [3.8, 4) is 5.75 Å². The molecule has 126 valence electrons. The van der Waals surface area contributed by atoms with Crippen LogP contribution in [0.4, 0.5) is 26.3 Å². The fraction of sp³-hybridized carbons (Fsp3) is 0.571. The second-order valence-corrected chi connectivity index (χ2v) is 5.02. The second kappa shape index (κ2) is 6.36. The maximum atomic E-state index is 12.5. The van der Waals surface area contributed by atoms with E-state index in [2.05, 4.69) is 4.74 Å². The molecule has 1 rings (SSSR count). The molecule has 1 atom stereocenters. The summed E-state index contributed by atoms with van der Waals surface area (Å²) in [5.41, 5.74) is -4.02.